The molecule has 1 rings (SSSR count). The van der Waals surface area contributed by atoms with Gasteiger partial charge in [0.1, 0.15) is 12.4 Å². The van der Waals surface area contributed by atoms with Crippen molar-refractivity contribution in [2.75, 3.05) is 0 Å². The number of rotatable bonds is 27. The number of imidazole rings is 1. The first-order valence-corrected chi connectivity index (χ1v) is 16.4. The van der Waals surface area contributed by atoms with Gasteiger partial charge in [0.05, 0.1) is 13.1 Å². The molecule has 2 heteroatoms. The Kier molecular flexibility index (Phi) is 22.9. The Hall–Kier alpha value is -0.790. The summed E-state index contributed by atoms with van der Waals surface area (Å²) in [5, 5.41) is 0. The second-order valence-corrected chi connectivity index (χ2v) is 11.3. The van der Waals surface area contributed by atoms with Crippen molar-refractivity contribution >= 4 is 0 Å². The molecule has 1 heterocycles. The summed E-state index contributed by atoms with van der Waals surface area (Å²) in [7, 11) is 0. The van der Waals surface area contributed by atoms with Gasteiger partial charge < -0.3 is 0 Å². The Labute approximate surface area is 221 Å². The van der Waals surface area contributed by atoms with E-state index in [1.54, 1.807) is 5.82 Å². The highest BCUT2D eigenvalue weighted by Gasteiger charge is 2.16. The van der Waals surface area contributed by atoms with Gasteiger partial charge in [-0.2, -0.15) is 0 Å². The van der Waals surface area contributed by atoms with Crippen LogP contribution in [-0.4, -0.2) is 4.57 Å². The third kappa shape index (κ3) is 18.2. The number of aryl methyl sites for hydroxylation is 2. The molecular weight excluding hydrogens is 424 g/mol. The highest BCUT2D eigenvalue weighted by atomic mass is 15.1. The molecule has 0 aliphatic rings. The predicted octanol–water partition coefficient (Wildman–Crippen LogP) is 10.7. The molecule has 35 heavy (non-hydrogen) atoms. The largest absolute Gasteiger partial charge is 0.256 e. The zero-order valence-corrected chi connectivity index (χ0v) is 24.6. The Balaban J connectivity index is 2.21. The molecule has 0 aliphatic heterocycles. The number of aromatic nitrogens is 2. The van der Waals surface area contributed by atoms with E-state index in [0.29, 0.717) is 0 Å². The van der Waals surface area contributed by atoms with Gasteiger partial charge in [-0.1, -0.05) is 143 Å². The maximum absolute atomic E-state index is 2.60. The van der Waals surface area contributed by atoms with Gasteiger partial charge in [0.25, 0.3) is 5.82 Å². The minimum absolute atomic E-state index is 1.22. The summed E-state index contributed by atoms with van der Waals surface area (Å²) in [5.74, 6) is 1.61. The van der Waals surface area contributed by atoms with Crippen LogP contribution in [0.2, 0.25) is 0 Å². The van der Waals surface area contributed by atoms with Gasteiger partial charge in [-0.15, -0.1) is 0 Å². The summed E-state index contributed by atoms with van der Waals surface area (Å²) in [6, 6.07) is 0. The van der Waals surface area contributed by atoms with Crippen LogP contribution in [0.25, 0.3) is 0 Å². The van der Waals surface area contributed by atoms with E-state index in [9.17, 15) is 0 Å². The topological polar surface area (TPSA) is 8.81 Å². The zero-order chi connectivity index (χ0) is 25.2. The van der Waals surface area contributed by atoms with Crippen LogP contribution in [0.3, 0.4) is 0 Å². The standard InChI is InChI=1S/C33H65N2/c1-4-7-10-13-15-16-17-18-19-20-21-22-23-25-28-33-34(29-26-12-9-6-3)31-32-35(33)30-27-24-14-11-8-5-2/h31-32H,4-30H2,1-3H3/q+1. The fourth-order valence-corrected chi connectivity index (χ4v) is 5.44. The van der Waals surface area contributed by atoms with Gasteiger partial charge >= 0.3 is 0 Å². The van der Waals surface area contributed by atoms with Crippen molar-refractivity contribution in [2.45, 2.75) is 194 Å². The average molecular weight is 490 g/mol. The van der Waals surface area contributed by atoms with Crippen LogP contribution < -0.4 is 4.57 Å². The van der Waals surface area contributed by atoms with Gasteiger partial charge in [-0.25, -0.2) is 9.13 Å². The van der Waals surface area contributed by atoms with E-state index in [1.165, 1.54) is 174 Å². The van der Waals surface area contributed by atoms with E-state index in [4.69, 9.17) is 0 Å². The van der Waals surface area contributed by atoms with E-state index >= 15 is 0 Å². The summed E-state index contributed by atoms with van der Waals surface area (Å²) in [6.45, 7) is 9.37. The van der Waals surface area contributed by atoms with Crippen molar-refractivity contribution in [2.24, 2.45) is 0 Å². The molecule has 0 saturated heterocycles. The van der Waals surface area contributed by atoms with Crippen molar-refractivity contribution in [3.8, 4) is 0 Å². The Morgan fingerprint density at radius 3 is 1.37 bits per heavy atom. The summed E-state index contributed by atoms with van der Waals surface area (Å²) in [6.07, 6.45) is 40.0. The molecule has 0 unspecified atom stereocenters. The molecule has 0 radical (unpaired) electrons. The highest BCUT2D eigenvalue weighted by molar-refractivity contribution is 4.84. The molecule has 0 fully saturated rings. The minimum atomic E-state index is 1.22. The zero-order valence-electron chi connectivity index (χ0n) is 24.6. The van der Waals surface area contributed by atoms with Crippen LogP contribution in [0.4, 0.5) is 0 Å². The molecule has 0 N–H and O–H groups in total. The lowest BCUT2D eigenvalue weighted by Gasteiger charge is -2.07. The van der Waals surface area contributed by atoms with Crippen molar-refractivity contribution in [1.82, 2.24) is 4.57 Å². The van der Waals surface area contributed by atoms with Crippen LogP contribution in [0, 0.1) is 0 Å². The molecule has 0 bridgehead atoms. The molecular formula is C33H65N2+. The molecule has 0 spiro atoms. The summed E-state index contributed by atoms with van der Waals surface area (Å²) in [4.78, 5) is 0. The third-order valence-corrected chi connectivity index (χ3v) is 7.85. The minimum Gasteiger partial charge on any atom is -0.234 e. The predicted molar refractivity (Wildman–Crippen MR) is 156 cm³/mol. The van der Waals surface area contributed by atoms with Crippen LogP contribution in [0.15, 0.2) is 12.4 Å². The van der Waals surface area contributed by atoms with Crippen LogP contribution in [0.1, 0.15) is 181 Å². The smallest absolute Gasteiger partial charge is 0.234 e. The first kappa shape index (κ1) is 32.2. The van der Waals surface area contributed by atoms with E-state index in [2.05, 4.69) is 42.3 Å². The third-order valence-electron chi connectivity index (χ3n) is 7.85. The second-order valence-electron chi connectivity index (χ2n) is 11.3. The molecule has 0 aliphatic carbocycles. The first-order valence-electron chi connectivity index (χ1n) is 16.4. The van der Waals surface area contributed by atoms with Gasteiger partial charge in [0, 0.05) is 6.42 Å². The molecule has 0 atom stereocenters. The maximum atomic E-state index is 2.60. The number of unbranched alkanes of at least 4 members (excludes halogenated alkanes) is 21. The van der Waals surface area contributed by atoms with E-state index < -0.39 is 0 Å². The maximum Gasteiger partial charge on any atom is 0.256 e. The lowest BCUT2D eigenvalue weighted by Crippen LogP contribution is -2.37. The average Bonchev–Trinajstić information content (AvgIpc) is 3.25. The molecule has 0 amide bonds. The van der Waals surface area contributed by atoms with Gasteiger partial charge in [0.15, 0.2) is 0 Å². The molecule has 1 aromatic heterocycles. The fourth-order valence-electron chi connectivity index (χ4n) is 5.44. The highest BCUT2D eigenvalue weighted by Crippen LogP contribution is 2.14. The lowest BCUT2D eigenvalue weighted by atomic mass is 10.0. The van der Waals surface area contributed by atoms with Crippen molar-refractivity contribution in [1.29, 1.82) is 0 Å². The van der Waals surface area contributed by atoms with Crippen LogP contribution >= 0.6 is 0 Å². The summed E-state index contributed by atoms with van der Waals surface area (Å²) >= 11 is 0. The SMILES string of the molecule is CCCCCCCCCCCCCCCCc1n(CCCCCC)cc[n+]1CCCCCCCC. The van der Waals surface area contributed by atoms with E-state index in [-0.39, 0.29) is 0 Å². The second kappa shape index (κ2) is 24.9. The van der Waals surface area contributed by atoms with Gasteiger partial charge in [0.2, 0.25) is 0 Å². The monoisotopic (exact) mass is 490 g/mol. The van der Waals surface area contributed by atoms with Crippen molar-refractivity contribution in [3.63, 3.8) is 0 Å². The number of nitrogens with zero attached hydrogens (tertiary/aromatic N) is 2. The fraction of sp³-hybridized carbons (Fsp3) is 0.909. The molecule has 206 valence electrons. The normalized spacial score (nSPS) is 11.5. The molecule has 0 saturated carbocycles. The lowest BCUT2D eigenvalue weighted by molar-refractivity contribution is -0.704. The van der Waals surface area contributed by atoms with Gasteiger partial charge in [-0.3, -0.25) is 0 Å². The van der Waals surface area contributed by atoms with Crippen molar-refractivity contribution < 1.29 is 4.57 Å². The van der Waals surface area contributed by atoms with Gasteiger partial charge in [-0.05, 0) is 32.1 Å². The number of hydrogen-bond donors (Lipinski definition) is 0. The Bertz CT molecular complexity index is 547. The summed E-state index contributed by atoms with van der Waals surface area (Å²) in [5.41, 5.74) is 0. The number of hydrogen-bond acceptors (Lipinski definition) is 0. The molecule has 0 aromatic carbocycles. The quantitative estimate of drug-likeness (QED) is 0.0858. The molecule has 1 aromatic rings. The van der Waals surface area contributed by atoms with E-state index in [0.717, 1.165) is 0 Å². The van der Waals surface area contributed by atoms with Crippen molar-refractivity contribution in [3.05, 3.63) is 18.2 Å². The van der Waals surface area contributed by atoms with Crippen LogP contribution in [-0.2, 0) is 19.5 Å². The Morgan fingerprint density at radius 1 is 0.486 bits per heavy atom. The van der Waals surface area contributed by atoms with Crippen LogP contribution in [0.5, 0.6) is 0 Å². The Morgan fingerprint density at radius 2 is 0.886 bits per heavy atom. The van der Waals surface area contributed by atoms with E-state index in [1.807, 2.05) is 0 Å². The summed E-state index contributed by atoms with van der Waals surface area (Å²) < 4.78 is 5.19. The first-order chi connectivity index (χ1) is 17.3. The molecule has 2 nitrogen and oxygen atoms in total.